The molecule has 3 rings (SSSR count). The second-order valence-electron chi connectivity index (χ2n) is 5.40. The zero-order valence-electron chi connectivity index (χ0n) is 12.0. The molecule has 0 saturated carbocycles. The molecule has 4 nitrogen and oxygen atoms in total. The molecule has 0 aliphatic carbocycles. The van der Waals surface area contributed by atoms with Crippen molar-refractivity contribution in [3.8, 4) is 0 Å². The maximum Gasteiger partial charge on any atom is 0.0519 e. The molecule has 1 aromatic carbocycles. The third-order valence-corrected chi connectivity index (χ3v) is 4.11. The normalized spacial score (nSPS) is 17.1. The van der Waals surface area contributed by atoms with Crippen molar-refractivity contribution in [2.24, 2.45) is 7.05 Å². The molecule has 2 aromatic rings. The quantitative estimate of drug-likeness (QED) is 0.891. The minimum atomic E-state index is 1.10. The summed E-state index contributed by atoms with van der Waals surface area (Å²) >= 11 is 0. The van der Waals surface area contributed by atoms with Crippen molar-refractivity contribution >= 4 is 22.3 Å². The number of aryl methyl sites for hydroxylation is 1. The number of rotatable bonds is 2. The van der Waals surface area contributed by atoms with Crippen LogP contribution in [0.3, 0.4) is 0 Å². The third-order valence-electron chi connectivity index (χ3n) is 4.11. The molecule has 4 heteroatoms. The summed E-state index contributed by atoms with van der Waals surface area (Å²) in [6.45, 7) is 4.48. The van der Waals surface area contributed by atoms with E-state index in [0.717, 1.165) is 26.2 Å². The Hall–Kier alpha value is -1.68. The lowest BCUT2D eigenvalue weighted by atomic mass is 10.1. The fraction of sp³-hybridized carbons (Fsp3) is 0.467. The number of anilines is 2. The Bertz CT molecular complexity index is 579. The highest BCUT2D eigenvalue weighted by Crippen LogP contribution is 2.31. The molecule has 1 aromatic heterocycles. The summed E-state index contributed by atoms with van der Waals surface area (Å²) in [6, 6.07) is 6.71. The van der Waals surface area contributed by atoms with Crippen LogP contribution in [0.4, 0.5) is 11.4 Å². The van der Waals surface area contributed by atoms with Gasteiger partial charge in [-0.15, -0.1) is 0 Å². The Morgan fingerprint density at radius 3 is 2.47 bits per heavy atom. The van der Waals surface area contributed by atoms with E-state index in [9.17, 15) is 0 Å². The maximum atomic E-state index is 3.27. The lowest BCUT2D eigenvalue weighted by Crippen LogP contribution is -2.44. The highest BCUT2D eigenvalue weighted by Gasteiger charge is 2.17. The number of hydrogen-bond acceptors (Lipinski definition) is 3. The van der Waals surface area contributed by atoms with Crippen LogP contribution in [0.2, 0.25) is 0 Å². The Labute approximate surface area is 114 Å². The number of hydrogen-bond donors (Lipinski definition) is 1. The van der Waals surface area contributed by atoms with Gasteiger partial charge in [-0.3, -0.25) is 0 Å². The van der Waals surface area contributed by atoms with E-state index in [0.29, 0.717) is 0 Å². The summed E-state index contributed by atoms with van der Waals surface area (Å²) in [5.41, 5.74) is 3.83. The number of nitrogens with zero attached hydrogens (tertiary/aromatic N) is 3. The Kier molecular flexibility index (Phi) is 3.11. The molecule has 2 heterocycles. The van der Waals surface area contributed by atoms with Gasteiger partial charge in [0.05, 0.1) is 5.52 Å². The number of likely N-dealkylation sites (N-methyl/N-ethyl adjacent to an activating group) is 1. The number of piperazine rings is 1. The molecule has 1 aliphatic rings. The zero-order valence-corrected chi connectivity index (χ0v) is 12.0. The van der Waals surface area contributed by atoms with Crippen LogP contribution in [0.15, 0.2) is 24.4 Å². The Morgan fingerprint density at radius 1 is 1.05 bits per heavy atom. The molecular formula is C15H22N4. The first-order chi connectivity index (χ1) is 9.19. The maximum absolute atomic E-state index is 3.27. The summed E-state index contributed by atoms with van der Waals surface area (Å²) in [6.07, 6.45) is 2.14. The summed E-state index contributed by atoms with van der Waals surface area (Å²) in [4.78, 5) is 4.89. The molecule has 0 unspecified atom stereocenters. The van der Waals surface area contributed by atoms with Gasteiger partial charge in [0.15, 0.2) is 0 Å². The number of aromatic nitrogens is 1. The summed E-state index contributed by atoms with van der Waals surface area (Å²) in [5, 5.41) is 4.63. The molecule has 102 valence electrons. The van der Waals surface area contributed by atoms with Gasteiger partial charge in [-0.25, -0.2) is 0 Å². The van der Waals surface area contributed by atoms with Gasteiger partial charge in [0, 0.05) is 63.2 Å². The van der Waals surface area contributed by atoms with E-state index in [1.165, 1.54) is 22.3 Å². The van der Waals surface area contributed by atoms with E-state index in [2.05, 4.69) is 58.2 Å². The van der Waals surface area contributed by atoms with Crippen LogP contribution in [0.25, 0.3) is 10.9 Å². The standard InChI is InChI=1S/C15H22N4/c1-16-12-10-14-13(4-5-18(14)3)15(11-12)19-8-6-17(2)7-9-19/h4-5,10-11,16H,6-9H2,1-3H3. The second-order valence-corrected chi connectivity index (χ2v) is 5.40. The van der Waals surface area contributed by atoms with Crippen LogP contribution in [0.1, 0.15) is 0 Å². The number of benzene rings is 1. The summed E-state index contributed by atoms with van der Waals surface area (Å²) in [7, 11) is 6.28. The Balaban J connectivity index is 2.06. The molecule has 1 saturated heterocycles. The lowest BCUT2D eigenvalue weighted by molar-refractivity contribution is 0.313. The fourth-order valence-electron chi connectivity index (χ4n) is 2.81. The summed E-state index contributed by atoms with van der Waals surface area (Å²) in [5.74, 6) is 0. The van der Waals surface area contributed by atoms with E-state index in [4.69, 9.17) is 0 Å². The van der Waals surface area contributed by atoms with Gasteiger partial charge in [0.2, 0.25) is 0 Å². The van der Waals surface area contributed by atoms with Crippen molar-refractivity contribution in [3.05, 3.63) is 24.4 Å². The van der Waals surface area contributed by atoms with E-state index in [1.807, 2.05) is 7.05 Å². The first kappa shape index (κ1) is 12.4. The zero-order chi connectivity index (χ0) is 13.4. The molecule has 19 heavy (non-hydrogen) atoms. The fourth-order valence-corrected chi connectivity index (χ4v) is 2.81. The monoisotopic (exact) mass is 258 g/mol. The average Bonchev–Trinajstić information content (AvgIpc) is 2.80. The lowest BCUT2D eigenvalue weighted by Gasteiger charge is -2.34. The molecule has 0 radical (unpaired) electrons. The predicted octanol–water partition coefficient (Wildman–Crippen LogP) is 1.97. The molecule has 1 fully saturated rings. The van der Waals surface area contributed by atoms with Gasteiger partial charge in [-0.2, -0.15) is 0 Å². The minimum absolute atomic E-state index is 1.10. The number of fused-ring (bicyclic) bond motifs is 1. The van der Waals surface area contributed by atoms with Gasteiger partial charge < -0.3 is 19.7 Å². The predicted molar refractivity (Wildman–Crippen MR) is 82.2 cm³/mol. The van der Waals surface area contributed by atoms with Crippen LogP contribution in [0, 0.1) is 0 Å². The molecule has 1 N–H and O–H groups in total. The molecule has 1 aliphatic heterocycles. The molecule has 0 bridgehead atoms. The molecule has 0 amide bonds. The molecule has 0 atom stereocenters. The van der Waals surface area contributed by atoms with E-state index in [-0.39, 0.29) is 0 Å². The smallest absolute Gasteiger partial charge is 0.0519 e. The van der Waals surface area contributed by atoms with Crippen LogP contribution in [0.5, 0.6) is 0 Å². The van der Waals surface area contributed by atoms with Crippen LogP contribution >= 0.6 is 0 Å². The molecule has 0 spiro atoms. The third kappa shape index (κ3) is 2.16. The highest BCUT2D eigenvalue weighted by atomic mass is 15.2. The van der Waals surface area contributed by atoms with Crippen LogP contribution < -0.4 is 10.2 Å². The van der Waals surface area contributed by atoms with Crippen LogP contribution in [-0.4, -0.2) is 49.7 Å². The Morgan fingerprint density at radius 2 is 1.79 bits per heavy atom. The number of nitrogens with one attached hydrogen (secondary N) is 1. The average molecular weight is 258 g/mol. The van der Waals surface area contributed by atoms with E-state index >= 15 is 0 Å². The van der Waals surface area contributed by atoms with E-state index < -0.39 is 0 Å². The van der Waals surface area contributed by atoms with Gasteiger partial charge in [0.1, 0.15) is 0 Å². The van der Waals surface area contributed by atoms with Gasteiger partial charge in [0.25, 0.3) is 0 Å². The second kappa shape index (κ2) is 4.78. The van der Waals surface area contributed by atoms with Crippen molar-refractivity contribution in [2.75, 3.05) is 50.5 Å². The van der Waals surface area contributed by atoms with Gasteiger partial charge in [-0.1, -0.05) is 0 Å². The van der Waals surface area contributed by atoms with E-state index in [1.54, 1.807) is 0 Å². The largest absolute Gasteiger partial charge is 0.388 e. The van der Waals surface area contributed by atoms with Crippen LogP contribution in [-0.2, 0) is 7.05 Å². The van der Waals surface area contributed by atoms with Crippen molar-refractivity contribution in [2.45, 2.75) is 0 Å². The van der Waals surface area contributed by atoms with Crippen molar-refractivity contribution in [1.29, 1.82) is 0 Å². The van der Waals surface area contributed by atoms with Crippen molar-refractivity contribution < 1.29 is 0 Å². The first-order valence-corrected chi connectivity index (χ1v) is 6.89. The molecular weight excluding hydrogens is 236 g/mol. The SMILES string of the molecule is CNc1cc(N2CCN(C)CC2)c2ccn(C)c2c1. The van der Waals surface area contributed by atoms with Gasteiger partial charge in [-0.05, 0) is 25.2 Å². The first-order valence-electron chi connectivity index (χ1n) is 6.89. The van der Waals surface area contributed by atoms with Crippen molar-refractivity contribution in [3.63, 3.8) is 0 Å². The summed E-state index contributed by atoms with van der Waals surface area (Å²) < 4.78 is 2.19. The topological polar surface area (TPSA) is 23.4 Å². The van der Waals surface area contributed by atoms with Crippen molar-refractivity contribution in [1.82, 2.24) is 9.47 Å². The van der Waals surface area contributed by atoms with Gasteiger partial charge >= 0.3 is 0 Å². The highest BCUT2D eigenvalue weighted by molar-refractivity contribution is 5.96. The minimum Gasteiger partial charge on any atom is -0.388 e.